The van der Waals surface area contributed by atoms with Crippen LogP contribution in [-0.2, 0) is 4.79 Å². The molecule has 8 heteroatoms. The minimum atomic E-state index is -0.416. The lowest BCUT2D eigenvalue weighted by Crippen LogP contribution is -2.42. The Labute approximate surface area is 188 Å². The SMILES string of the molecule is COc1ccc(OC)c(NC(=O)c2cc([C@H]3CCCN(C(=O)C4CCCCC4)C3)no2)c1. The minimum absolute atomic E-state index is 0.0768. The van der Waals surface area contributed by atoms with E-state index in [-0.39, 0.29) is 23.5 Å². The molecule has 172 valence electrons. The molecule has 2 amide bonds. The van der Waals surface area contributed by atoms with Crippen molar-refractivity contribution in [2.45, 2.75) is 50.9 Å². The third-order valence-electron chi connectivity index (χ3n) is 6.51. The lowest BCUT2D eigenvalue weighted by atomic mass is 9.87. The van der Waals surface area contributed by atoms with E-state index in [1.165, 1.54) is 13.5 Å². The maximum atomic E-state index is 13.0. The molecule has 8 nitrogen and oxygen atoms in total. The maximum absolute atomic E-state index is 13.0. The van der Waals surface area contributed by atoms with Gasteiger partial charge in [-0.3, -0.25) is 9.59 Å². The van der Waals surface area contributed by atoms with Gasteiger partial charge in [0, 0.05) is 37.1 Å². The summed E-state index contributed by atoms with van der Waals surface area (Å²) >= 11 is 0. The van der Waals surface area contributed by atoms with Gasteiger partial charge in [-0.25, -0.2) is 0 Å². The predicted molar refractivity (Wildman–Crippen MR) is 119 cm³/mol. The molecule has 1 aromatic heterocycles. The summed E-state index contributed by atoms with van der Waals surface area (Å²) in [5.41, 5.74) is 1.20. The Morgan fingerprint density at radius 3 is 2.62 bits per heavy atom. The number of piperidine rings is 1. The average molecular weight is 442 g/mol. The summed E-state index contributed by atoms with van der Waals surface area (Å²) in [5, 5.41) is 6.95. The molecule has 1 atom stereocenters. The fourth-order valence-corrected chi connectivity index (χ4v) is 4.71. The van der Waals surface area contributed by atoms with Crippen molar-refractivity contribution in [2.75, 3.05) is 32.6 Å². The number of anilines is 1. The minimum Gasteiger partial charge on any atom is -0.497 e. The van der Waals surface area contributed by atoms with Crippen LogP contribution >= 0.6 is 0 Å². The van der Waals surface area contributed by atoms with Crippen molar-refractivity contribution in [3.8, 4) is 11.5 Å². The molecule has 0 radical (unpaired) electrons. The van der Waals surface area contributed by atoms with E-state index in [9.17, 15) is 9.59 Å². The number of carbonyl (C=O) groups excluding carboxylic acids is 2. The molecule has 2 aromatic rings. The summed E-state index contributed by atoms with van der Waals surface area (Å²) in [6.07, 6.45) is 7.38. The lowest BCUT2D eigenvalue weighted by Gasteiger charge is -2.35. The van der Waals surface area contributed by atoms with Crippen molar-refractivity contribution >= 4 is 17.5 Å². The monoisotopic (exact) mass is 441 g/mol. The summed E-state index contributed by atoms with van der Waals surface area (Å²) in [4.78, 5) is 27.7. The van der Waals surface area contributed by atoms with Crippen LogP contribution in [0.1, 0.15) is 67.1 Å². The molecule has 2 heterocycles. The molecular weight excluding hydrogens is 410 g/mol. The molecule has 1 aliphatic carbocycles. The first-order valence-corrected chi connectivity index (χ1v) is 11.4. The summed E-state index contributed by atoms with van der Waals surface area (Å²) in [5.74, 6) is 1.35. The van der Waals surface area contributed by atoms with Crippen LogP contribution in [0.4, 0.5) is 5.69 Å². The van der Waals surface area contributed by atoms with Crippen molar-refractivity contribution < 1.29 is 23.6 Å². The second-order valence-corrected chi connectivity index (χ2v) is 8.59. The standard InChI is InChI=1S/C24H31N3O5/c1-30-18-10-11-21(31-2)20(13-18)25-23(28)22-14-19(26-32-22)17-9-6-12-27(15-17)24(29)16-7-4-3-5-8-16/h10-11,13-14,16-17H,3-9,12,15H2,1-2H3,(H,25,28)/t17-/m0/s1. The first-order chi connectivity index (χ1) is 15.6. The van der Waals surface area contributed by atoms with Gasteiger partial charge in [0.05, 0.1) is 25.6 Å². The summed E-state index contributed by atoms with van der Waals surface area (Å²) < 4.78 is 15.9. The largest absolute Gasteiger partial charge is 0.497 e. The van der Waals surface area contributed by atoms with Crippen LogP contribution in [0.5, 0.6) is 11.5 Å². The zero-order valence-corrected chi connectivity index (χ0v) is 18.8. The van der Waals surface area contributed by atoms with Gasteiger partial charge >= 0.3 is 0 Å². The van der Waals surface area contributed by atoms with E-state index in [2.05, 4.69) is 10.5 Å². The average Bonchev–Trinajstić information content (AvgIpc) is 3.35. The van der Waals surface area contributed by atoms with E-state index >= 15 is 0 Å². The highest BCUT2D eigenvalue weighted by Crippen LogP contribution is 2.32. The number of ether oxygens (including phenoxy) is 2. The number of rotatable bonds is 6. The second-order valence-electron chi connectivity index (χ2n) is 8.59. The Morgan fingerprint density at radius 2 is 1.88 bits per heavy atom. The fourth-order valence-electron chi connectivity index (χ4n) is 4.71. The zero-order chi connectivity index (χ0) is 22.5. The van der Waals surface area contributed by atoms with Crippen molar-refractivity contribution in [3.05, 3.63) is 35.7 Å². The van der Waals surface area contributed by atoms with Gasteiger partial charge in [-0.1, -0.05) is 24.4 Å². The normalized spacial score (nSPS) is 19.4. The number of benzene rings is 1. The molecular formula is C24H31N3O5. The predicted octanol–water partition coefficient (Wildman–Crippen LogP) is 4.23. The van der Waals surface area contributed by atoms with Crippen LogP contribution in [0.2, 0.25) is 0 Å². The molecule has 2 fully saturated rings. The molecule has 0 spiro atoms. The number of likely N-dealkylation sites (tertiary alicyclic amines) is 1. The van der Waals surface area contributed by atoms with Gasteiger partial charge in [0.1, 0.15) is 11.5 Å². The van der Waals surface area contributed by atoms with Crippen LogP contribution in [0.25, 0.3) is 0 Å². The van der Waals surface area contributed by atoms with Crippen molar-refractivity contribution in [1.82, 2.24) is 10.1 Å². The van der Waals surface area contributed by atoms with Crippen molar-refractivity contribution in [3.63, 3.8) is 0 Å². The number of hydrogen-bond acceptors (Lipinski definition) is 6. The van der Waals surface area contributed by atoms with Gasteiger partial charge in [-0.15, -0.1) is 0 Å². The molecule has 32 heavy (non-hydrogen) atoms. The molecule has 1 N–H and O–H groups in total. The molecule has 1 aliphatic heterocycles. The molecule has 1 aromatic carbocycles. The molecule has 0 unspecified atom stereocenters. The number of amides is 2. The number of nitrogens with zero attached hydrogens (tertiary/aromatic N) is 2. The Kier molecular flexibility index (Phi) is 6.97. The Balaban J connectivity index is 1.42. The van der Waals surface area contributed by atoms with Crippen LogP contribution in [-0.4, -0.2) is 49.2 Å². The van der Waals surface area contributed by atoms with Gasteiger partial charge < -0.3 is 24.2 Å². The van der Waals surface area contributed by atoms with Crippen molar-refractivity contribution in [2.24, 2.45) is 5.92 Å². The highest BCUT2D eigenvalue weighted by atomic mass is 16.5. The van der Waals surface area contributed by atoms with Crippen LogP contribution in [0.3, 0.4) is 0 Å². The number of methoxy groups -OCH3 is 2. The van der Waals surface area contributed by atoms with E-state index in [1.807, 2.05) is 4.90 Å². The topological polar surface area (TPSA) is 93.9 Å². The highest BCUT2D eigenvalue weighted by molar-refractivity contribution is 6.03. The van der Waals surface area contributed by atoms with Crippen LogP contribution in [0, 0.1) is 5.92 Å². The van der Waals surface area contributed by atoms with Crippen LogP contribution in [0.15, 0.2) is 28.8 Å². The number of nitrogens with one attached hydrogen (secondary N) is 1. The van der Waals surface area contributed by atoms with Gasteiger partial charge in [0.15, 0.2) is 0 Å². The quantitative estimate of drug-likeness (QED) is 0.721. The van der Waals surface area contributed by atoms with Gasteiger partial charge in [-0.2, -0.15) is 0 Å². The Hall–Kier alpha value is -3.03. The third kappa shape index (κ3) is 4.89. The van der Waals surface area contributed by atoms with E-state index in [0.29, 0.717) is 29.4 Å². The molecule has 1 saturated carbocycles. The maximum Gasteiger partial charge on any atom is 0.294 e. The Bertz CT molecular complexity index is 951. The number of aromatic nitrogens is 1. The summed E-state index contributed by atoms with van der Waals surface area (Å²) in [6, 6.07) is 6.84. The zero-order valence-electron chi connectivity index (χ0n) is 18.8. The van der Waals surface area contributed by atoms with E-state index in [0.717, 1.165) is 45.1 Å². The first-order valence-electron chi connectivity index (χ1n) is 11.4. The van der Waals surface area contributed by atoms with Gasteiger partial charge in [0.2, 0.25) is 11.7 Å². The molecule has 2 aliphatic rings. The smallest absolute Gasteiger partial charge is 0.294 e. The Morgan fingerprint density at radius 1 is 1.06 bits per heavy atom. The van der Waals surface area contributed by atoms with Crippen LogP contribution < -0.4 is 14.8 Å². The first kappa shape index (κ1) is 22.2. The fraction of sp³-hybridized carbons (Fsp3) is 0.542. The van der Waals surface area contributed by atoms with Gasteiger partial charge in [-0.05, 0) is 37.8 Å². The van der Waals surface area contributed by atoms with E-state index in [4.69, 9.17) is 14.0 Å². The number of carbonyl (C=O) groups is 2. The second kappa shape index (κ2) is 10.1. The van der Waals surface area contributed by atoms with E-state index in [1.54, 1.807) is 31.4 Å². The molecule has 1 saturated heterocycles. The number of hydrogen-bond donors (Lipinski definition) is 1. The van der Waals surface area contributed by atoms with E-state index < -0.39 is 5.91 Å². The van der Waals surface area contributed by atoms with Crippen molar-refractivity contribution in [1.29, 1.82) is 0 Å². The molecule has 0 bridgehead atoms. The van der Waals surface area contributed by atoms with Gasteiger partial charge in [0.25, 0.3) is 5.91 Å². The third-order valence-corrected chi connectivity index (χ3v) is 6.51. The molecule has 4 rings (SSSR count). The summed E-state index contributed by atoms with van der Waals surface area (Å²) in [6.45, 7) is 1.43. The lowest BCUT2D eigenvalue weighted by molar-refractivity contribution is -0.137. The highest BCUT2D eigenvalue weighted by Gasteiger charge is 2.31. The summed E-state index contributed by atoms with van der Waals surface area (Å²) in [7, 11) is 3.09.